The summed E-state index contributed by atoms with van der Waals surface area (Å²) in [6.45, 7) is 6.40. The molecular formula is C14H17NO2. The van der Waals surface area contributed by atoms with Crippen LogP contribution in [0.2, 0.25) is 0 Å². The second-order valence-corrected chi connectivity index (χ2v) is 4.74. The van der Waals surface area contributed by atoms with Crippen molar-refractivity contribution in [3.05, 3.63) is 29.3 Å². The summed E-state index contributed by atoms with van der Waals surface area (Å²) in [5.74, 6) is 1.59. The minimum Gasteiger partial charge on any atom is -0.492 e. The van der Waals surface area contributed by atoms with E-state index in [1.807, 2.05) is 18.2 Å². The molecule has 0 saturated carbocycles. The zero-order valence-electron chi connectivity index (χ0n) is 10.3. The van der Waals surface area contributed by atoms with Gasteiger partial charge in [-0.1, -0.05) is 19.9 Å². The molecule has 3 heteroatoms. The van der Waals surface area contributed by atoms with Crippen LogP contribution in [-0.4, -0.2) is 19.8 Å². The van der Waals surface area contributed by atoms with Crippen LogP contribution in [0.5, 0.6) is 5.75 Å². The van der Waals surface area contributed by atoms with Crippen molar-refractivity contribution in [3.63, 3.8) is 0 Å². The third-order valence-electron chi connectivity index (χ3n) is 2.97. The van der Waals surface area contributed by atoms with Gasteiger partial charge in [0, 0.05) is 5.92 Å². The van der Waals surface area contributed by atoms with Crippen LogP contribution in [0.15, 0.2) is 18.2 Å². The summed E-state index contributed by atoms with van der Waals surface area (Å²) in [4.78, 5) is 0. The third-order valence-corrected chi connectivity index (χ3v) is 2.97. The van der Waals surface area contributed by atoms with E-state index in [1.54, 1.807) is 0 Å². The van der Waals surface area contributed by atoms with Crippen LogP contribution in [-0.2, 0) is 4.74 Å². The Kier molecular flexibility index (Phi) is 3.65. The van der Waals surface area contributed by atoms with Gasteiger partial charge in [0.05, 0.1) is 25.4 Å². The van der Waals surface area contributed by atoms with Crippen LogP contribution >= 0.6 is 0 Å². The Morgan fingerprint density at radius 1 is 1.47 bits per heavy atom. The van der Waals surface area contributed by atoms with Gasteiger partial charge >= 0.3 is 0 Å². The maximum absolute atomic E-state index is 9.11. The minimum absolute atomic E-state index is 0.427. The first-order valence-corrected chi connectivity index (χ1v) is 5.95. The van der Waals surface area contributed by atoms with E-state index >= 15 is 0 Å². The molecule has 1 fully saturated rings. The van der Waals surface area contributed by atoms with Gasteiger partial charge in [0.25, 0.3) is 0 Å². The van der Waals surface area contributed by atoms with Crippen molar-refractivity contribution >= 4 is 0 Å². The van der Waals surface area contributed by atoms with E-state index < -0.39 is 0 Å². The zero-order chi connectivity index (χ0) is 12.3. The highest BCUT2D eigenvalue weighted by Crippen LogP contribution is 2.24. The molecule has 0 unspecified atom stereocenters. The summed E-state index contributed by atoms with van der Waals surface area (Å²) in [5, 5.41) is 9.11. The number of nitriles is 1. The van der Waals surface area contributed by atoms with E-state index in [9.17, 15) is 0 Å². The highest BCUT2D eigenvalue weighted by molar-refractivity contribution is 5.46. The predicted octanol–water partition coefficient (Wildman–Crippen LogP) is 2.71. The maximum atomic E-state index is 9.11. The molecule has 0 bridgehead atoms. The Labute approximate surface area is 102 Å². The van der Waals surface area contributed by atoms with E-state index in [-0.39, 0.29) is 0 Å². The Hall–Kier alpha value is -1.53. The van der Waals surface area contributed by atoms with Crippen LogP contribution in [0.25, 0.3) is 0 Å². The standard InChI is InChI=1S/C14H17NO2/c1-10(2)12-3-4-14(13(5-12)6-15)17-9-11-7-16-8-11/h3-5,10-11H,7-9H2,1-2H3. The van der Waals surface area contributed by atoms with Gasteiger partial charge in [-0.15, -0.1) is 0 Å². The zero-order valence-corrected chi connectivity index (χ0v) is 10.3. The molecule has 3 nitrogen and oxygen atoms in total. The van der Waals surface area contributed by atoms with Crippen LogP contribution in [0.4, 0.5) is 0 Å². The van der Waals surface area contributed by atoms with Crippen LogP contribution < -0.4 is 4.74 Å². The number of rotatable bonds is 4. The lowest BCUT2D eigenvalue weighted by molar-refractivity contribution is -0.0508. The fourth-order valence-electron chi connectivity index (χ4n) is 1.71. The van der Waals surface area contributed by atoms with Crippen molar-refractivity contribution in [1.29, 1.82) is 5.26 Å². The number of hydrogen-bond donors (Lipinski definition) is 0. The topological polar surface area (TPSA) is 42.2 Å². The maximum Gasteiger partial charge on any atom is 0.137 e. The lowest BCUT2D eigenvalue weighted by atomic mass is 10.0. The van der Waals surface area contributed by atoms with Crippen molar-refractivity contribution in [3.8, 4) is 11.8 Å². The first kappa shape index (κ1) is 11.9. The van der Waals surface area contributed by atoms with E-state index in [0.29, 0.717) is 29.8 Å². The van der Waals surface area contributed by atoms with Crippen LogP contribution in [0.3, 0.4) is 0 Å². The fourth-order valence-corrected chi connectivity index (χ4v) is 1.71. The second kappa shape index (κ2) is 5.20. The molecule has 1 aromatic carbocycles. The molecule has 1 aliphatic rings. The quantitative estimate of drug-likeness (QED) is 0.800. The van der Waals surface area contributed by atoms with Gasteiger partial charge in [-0.25, -0.2) is 0 Å². The molecule has 17 heavy (non-hydrogen) atoms. The molecule has 0 atom stereocenters. The molecule has 0 amide bonds. The van der Waals surface area contributed by atoms with Crippen LogP contribution in [0, 0.1) is 17.2 Å². The van der Waals surface area contributed by atoms with Gasteiger partial charge in [-0.2, -0.15) is 5.26 Å². The average molecular weight is 231 g/mol. The highest BCUT2D eigenvalue weighted by Gasteiger charge is 2.19. The average Bonchev–Trinajstić information content (AvgIpc) is 2.27. The van der Waals surface area contributed by atoms with Crippen molar-refractivity contribution in [2.75, 3.05) is 19.8 Å². The van der Waals surface area contributed by atoms with Gasteiger partial charge in [0.1, 0.15) is 11.8 Å². The monoisotopic (exact) mass is 231 g/mol. The summed E-state index contributed by atoms with van der Waals surface area (Å²) < 4.78 is 10.7. The summed E-state index contributed by atoms with van der Waals surface area (Å²) in [5.41, 5.74) is 1.79. The van der Waals surface area contributed by atoms with Gasteiger partial charge in [-0.3, -0.25) is 0 Å². The first-order valence-electron chi connectivity index (χ1n) is 5.95. The number of benzene rings is 1. The van der Waals surface area contributed by atoms with E-state index in [1.165, 1.54) is 5.56 Å². The lowest BCUT2D eigenvalue weighted by Crippen LogP contribution is -2.32. The molecular weight excluding hydrogens is 214 g/mol. The molecule has 0 N–H and O–H groups in total. The number of nitrogens with zero attached hydrogens (tertiary/aromatic N) is 1. The van der Waals surface area contributed by atoms with Gasteiger partial charge < -0.3 is 9.47 Å². The lowest BCUT2D eigenvalue weighted by Gasteiger charge is -2.26. The van der Waals surface area contributed by atoms with E-state index in [4.69, 9.17) is 14.7 Å². The van der Waals surface area contributed by atoms with Crippen molar-refractivity contribution in [2.24, 2.45) is 5.92 Å². The molecule has 1 saturated heterocycles. The van der Waals surface area contributed by atoms with Gasteiger partial charge in [0.2, 0.25) is 0 Å². The molecule has 2 rings (SSSR count). The Morgan fingerprint density at radius 2 is 2.24 bits per heavy atom. The second-order valence-electron chi connectivity index (χ2n) is 4.74. The SMILES string of the molecule is CC(C)c1ccc(OCC2COC2)c(C#N)c1. The highest BCUT2D eigenvalue weighted by atomic mass is 16.5. The fraction of sp³-hybridized carbons (Fsp3) is 0.500. The van der Waals surface area contributed by atoms with E-state index in [2.05, 4.69) is 19.9 Å². The van der Waals surface area contributed by atoms with Crippen LogP contribution in [0.1, 0.15) is 30.9 Å². The Bertz CT molecular complexity index is 430. The smallest absolute Gasteiger partial charge is 0.137 e. The molecule has 1 heterocycles. The third kappa shape index (κ3) is 2.78. The van der Waals surface area contributed by atoms with E-state index in [0.717, 1.165) is 13.2 Å². The molecule has 1 aromatic rings. The molecule has 0 spiro atoms. The Morgan fingerprint density at radius 3 is 2.76 bits per heavy atom. The van der Waals surface area contributed by atoms with Crippen molar-refractivity contribution in [1.82, 2.24) is 0 Å². The molecule has 90 valence electrons. The predicted molar refractivity (Wildman–Crippen MR) is 65.1 cm³/mol. The van der Waals surface area contributed by atoms with Gasteiger partial charge in [0.15, 0.2) is 0 Å². The largest absolute Gasteiger partial charge is 0.492 e. The summed E-state index contributed by atoms with van der Waals surface area (Å²) in [7, 11) is 0. The van der Waals surface area contributed by atoms with Crippen molar-refractivity contribution in [2.45, 2.75) is 19.8 Å². The molecule has 1 aliphatic heterocycles. The normalized spacial score (nSPS) is 15.4. The number of ether oxygens (including phenoxy) is 2. The van der Waals surface area contributed by atoms with Gasteiger partial charge in [-0.05, 0) is 23.6 Å². The summed E-state index contributed by atoms with van der Waals surface area (Å²) >= 11 is 0. The number of hydrogen-bond acceptors (Lipinski definition) is 3. The van der Waals surface area contributed by atoms with Crippen molar-refractivity contribution < 1.29 is 9.47 Å². The molecule has 0 radical (unpaired) electrons. The summed E-state index contributed by atoms with van der Waals surface area (Å²) in [6, 6.07) is 8.03. The first-order chi connectivity index (χ1) is 8.20. The molecule has 0 aliphatic carbocycles. The minimum atomic E-state index is 0.427. The molecule has 0 aromatic heterocycles. The Balaban J connectivity index is 2.07. The summed E-state index contributed by atoms with van der Waals surface area (Å²) in [6.07, 6.45) is 0.